The van der Waals surface area contributed by atoms with Crippen LogP contribution in [0.1, 0.15) is 156 Å². The molecule has 0 aromatic rings. The lowest BCUT2D eigenvalue weighted by molar-refractivity contribution is -0.146. The van der Waals surface area contributed by atoms with Crippen molar-refractivity contribution in [3.05, 3.63) is 0 Å². The Morgan fingerprint density at radius 1 is 0.661 bits per heavy atom. The summed E-state index contributed by atoms with van der Waals surface area (Å²) in [7, 11) is -5.89. The number of hydrogen-bond donors (Lipinski definition) is 3. The second-order valence-electron chi connectivity index (χ2n) is 19.9. The zero-order valence-corrected chi connectivity index (χ0v) is 42.7. The minimum atomic E-state index is -2.98. The molecule has 0 spiro atoms. The molecule has 13 nitrogen and oxygen atoms in total. The van der Waals surface area contributed by atoms with Gasteiger partial charge in [0, 0.05) is 37.7 Å². The Morgan fingerprint density at radius 3 is 1.39 bits per heavy atom. The van der Waals surface area contributed by atoms with Crippen LogP contribution in [0, 0.1) is 29.6 Å². The number of sulfone groups is 1. The first-order valence-electron chi connectivity index (χ1n) is 23.7. The summed E-state index contributed by atoms with van der Waals surface area (Å²) in [5.74, 6) is 3.25. The van der Waals surface area contributed by atoms with E-state index in [4.69, 9.17) is 23.7 Å². The van der Waals surface area contributed by atoms with E-state index in [1.165, 1.54) is 19.3 Å². The lowest BCUT2D eigenvalue weighted by Gasteiger charge is -2.40. The molecule has 0 amide bonds. The molecule has 7 fully saturated rings. The van der Waals surface area contributed by atoms with Crippen LogP contribution in [0.25, 0.3) is 0 Å². The van der Waals surface area contributed by atoms with E-state index in [9.17, 15) is 27.0 Å². The van der Waals surface area contributed by atoms with Crippen LogP contribution in [0.2, 0.25) is 0 Å². The van der Waals surface area contributed by atoms with Gasteiger partial charge in [-0.05, 0) is 130 Å². The third-order valence-electron chi connectivity index (χ3n) is 12.1. The van der Waals surface area contributed by atoms with Gasteiger partial charge in [0.2, 0.25) is 10.0 Å². The Hall–Kier alpha value is -0.460. The molecule has 2 unspecified atom stereocenters. The van der Waals surface area contributed by atoms with E-state index in [0.717, 1.165) is 90.2 Å². The predicted octanol–water partition coefficient (Wildman–Crippen LogP) is 7.51. The van der Waals surface area contributed by atoms with Crippen LogP contribution in [0.15, 0.2) is 0 Å². The zero-order chi connectivity index (χ0) is 46.6. The van der Waals surface area contributed by atoms with E-state index in [1.54, 1.807) is 27.7 Å². The average molecular weight is 931 g/mol. The number of ether oxygens (including phenoxy) is 5. The van der Waals surface area contributed by atoms with Crippen LogP contribution in [-0.2, 0) is 43.5 Å². The smallest absolute Gasteiger partial charge is 0.214 e. The maximum Gasteiger partial charge on any atom is 0.214 e. The molecule has 0 aromatic carbocycles. The summed E-state index contributed by atoms with van der Waals surface area (Å²) in [5, 5.41) is 17.9. The van der Waals surface area contributed by atoms with Crippen molar-refractivity contribution in [1.82, 2.24) is 9.62 Å². The van der Waals surface area contributed by atoms with Crippen LogP contribution < -0.4 is 4.72 Å². The van der Waals surface area contributed by atoms with Gasteiger partial charge in [-0.25, -0.2) is 21.6 Å². The van der Waals surface area contributed by atoms with Crippen LogP contribution in [0.5, 0.6) is 0 Å². The lowest BCUT2D eigenvalue weighted by Crippen LogP contribution is -2.41. The normalized spacial score (nSPS) is 22.9. The molecule has 15 heteroatoms. The monoisotopic (exact) mass is 931 g/mol. The maximum atomic E-state index is 11.5. The summed E-state index contributed by atoms with van der Waals surface area (Å²) in [6.45, 7) is 36.7. The summed E-state index contributed by atoms with van der Waals surface area (Å²) in [5.41, 5.74) is -0.278. The molecule has 3 saturated carbocycles. The molecule has 3 N–H and O–H groups in total. The molecule has 0 radical (unpaired) electrons. The first-order chi connectivity index (χ1) is 28.3. The molecule has 2 atom stereocenters. The van der Waals surface area contributed by atoms with Crippen molar-refractivity contribution >= 4 is 19.9 Å². The summed E-state index contributed by atoms with van der Waals surface area (Å²) < 4.78 is 73.1. The van der Waals surface area contributed by atoms with Gasteiger partial charge >= 0.3 is 0 Å². The minimum absolute atomic E-state index is 0. The minimum Gasteiger partial charge on any atom is -0.393 e. The number of aliphatic hydroxyl groups excluding tert-OH is 1. The molecule has 374 valence electrons. The summed E-state index contributed by atoms with van der Waals surface area (Å²) in [6, 6.07) is 0.932. The molecule has 4 saturated heterocycles. The van der Waals surface area contributed by atoms with Crippen LogP contribution in [0.3, 0.4) is 0 Å². The number of rotatable bonds is 12. The Bertz CT molecular complexity index is 1330. The first kappa shape index (κ1) is 61.5. The fourth-order valence-corrected chi connectivity index (χ4v) is 8.69. The van der Waals surface area contributed by atoms with Crippen LogP contribution in [-0.4, -0.2) is 150 Å². The van der Waals surface area contributed by atoms with Crippen molar-refractivity contribution < 1.29 is 50.7 Å². The SMILES string of the molecule is C.CC(C)C(O)C1CC1.CC(C)C1(O)CCC1.CC(C)C1COC1.CC(C)N1CCOCC1.CC(C)OC1COC1.CC(C)S(=O)(=O)C1CCOC1.CC(C)S(=O)(=O)NC1CC1. The van der Waals surface area contributed by atoms with Gasteiger partial charge < -0.3 is 33.9 Å². The van der Waals surface area contributed by atoms with E-state index >= 15 is 0 Å². The van der Waals surface area contributed by atoms with Crippen molar-refractivity contribution in [2.45, 2.75) is 207 Å². The fourth-order valence-electron chi connectivity index (χ4n) is 6.24. The zero-order valence-electron chi connectivity index (χ0n) is 41.1. The largest absolute Gasteiger partial charge is 0.393 e. The van der Waals surface area contributed by atoms with Crippen molar-refractivity contribution in [3.8, 4) is 0 Å². The maximum absolute atomic E-state index is 11.5. The summed E-state index contributed by atoms with van der Waals surface area (Å²) >= 11 is 0. The number of nitrogens with zero attached hydrogens (tertiary/aromatic N) is 1. The molecule has 7 aliphatic rings. The Kier molecular flexibility index (Phi) is 30.5. The van der Waals surface area contributed by atoms with Crippen molar-refractivity contribution in [3.63, 3.8) is 0 Å². The second kappa shape index (κ2) is 30.8. The lowest BCUT2D eigenvalue weighted by atomic mass is 9.73. The van der Waals surface area contributed by atoms with Gasteiger partial charge in [0.05, 0.1) is 79.8 Å². The highest BCUT2D eigenvalue weighted by Crippen LogP contribution is 2.37. The van der Waals surface area contributed by atoms with E-state index in [0.29, 0.717) is 55.6 Å². The summed E-state index contributed by atoms with van der Waals surface area (Å²) in [4.78, 5) is 2.43. The topological polar surface area (TPSA) is 170 Å². The third kappa shape index (κ3) is 25.4. The molecule has 4 aliphatic heterocycles. The van der Waals surface area contributed by atoms with E-state index in [2.05, 4.69) is 65.0 Å². The van der Waals surface area contributed by atoms with Gasteiger partial charge in [-0.15, -0.1) is 0 Å². The quantitative estimate of drug-likeness (QED) is 0.176. The first-order valence-corrected chi connectivity index (χ1v) is 26.8. The highest BCUT2D eigenvalue weighted by atomic mass is 32.2. The number of aliphatic hydroxyl groups is 2. The molecule has 3 aliphatic carbocycles. The van der Waals surface area contributed by atoms with Crippen molar-refractivity contribution in [2.75, 3.05) is 65.9 Å². The van der Waals surface area contributed by atoms with Crippen LogP contribution >= 0.6 is 0 Å². The molecule has 0 bridgehead atoms. The number of morpholine rings is 1. The van der Waals surface area contributed by atoms with E-state index in [-0.39, 0.29) is 40.9 Å². The molecular formula is C47H98N2O11S2. The highest BCUT2D eigenvalue weighted by molar-refractivity contribution is 7.92. The van der Waals surface area contributed by atoms with E-state index < -0.39 is 19.9 Å². The average Bonchev–Trinajstić information content (AvgIpc) is 4.07. The Morgan fingerprint density at radius 2 is 1.19 bits per heavy atom. The molecule has 0 aromatic heterocycles. The van der Waals surface area contributed by atoms with Gasteiger partial charge in [0.15, 0.2) is 9.84 Å². The molecule has 4 heterocycles. The molecular weight excluding hydrogens is 833 g/mol. The number of hydrogen-bond acceptors (Lipinski definition) is 12. The molecule has 62 heavy (non-hydrogen) atoms. The van der Waals surface area contributed by atoms with Crippen molar-refractivity contribution in [1.29, 1.82) is 0 Å². The predicted molar refractivity (Wildman–Crippen MR) is 255 cm³/mol. The summed E-state index contributed by atoms with van der Waals surface area (Å²) in [6.07, 6.45) is 9.15. The van der Waals surface area contributed by atoms with Crippen LogP contribution in [0.4, 0.5) is 0 Å². The number of nitrogens with one attached hydrogen (secondary N) is 1. The van der Waals surface area contributed by atoms with Gasteiger partial charge in [-0.2, -0.15) is 0 Å². The standard InChI is InChI=1S/C7H15NO.C7H14O3S.2C7H14O.C6H13NO2S.C6H12O2.C6H12O.CH4/c1-7(2)8-3-5-9-6-4-8;1-6(2)11(8,9)7-3-4-10-5-7;1-6(2)7(8)4-3-5-7;1-5(2)7(8)6-3-4-6;1-5(2)10(8,9)7-6-3-4-6;1-5(2)8-6-3-7-4-6;1-5(2)6-3-7-4-6;/h7H,3-6H2,1-2H3;6-7H,3-5H2,1-2H3;6,8H,3-5H2,1-2H3;5-8H,3-4H2,1-2H3;5-7H,3-4H2,1-2H3;5-6H,3-4H2,1-2H3;5-6H,3-4H2,1-2H3;1H4. The van der Waals surface area contributed by atoms with Crippen molar-refractivity contribution in [2.24, 2.45) is 29.6 Å². The van der Waals surface area contributed by atoms with E-state index in [1.807, 2.05) is 13.8 Å². The van der Waals surface area contributed by atoms with Gasteiger partial charge in [0.1, 0.15) is 6.10 Å². The Labute approximate surface area is 381 Å². The van der Waals surface area contributed by atoms with Gasteiger partial charge in [-0.1, -0.05) is 49.0 Å². The fraction of sp³-hybridized carbons (Fsp3) is 1.00. The van der Waals surface area contributed by atoms with Gasteiger partial charge in [-0.3, -0.25) is 4.90 Å². The Balaban J connectivity index is 0.000000701. The number of sulfonamides is 1. The highest BCUT2D eigenvalue weighted by Gasteiger charge is 2.37. The second-order valence-corrected chi connectivity index (χ2v) is 25.0. The third-order valence-corrected chi connectivity index (χ3v) is 16.6. The van der Waals surface area contributed by atoms with Gasteiger partial charge in [0.25, 0.3) is 0 Å². The molecule has 7 rings (SSSR count).